The van der Waals surface area contributed by atoms with Gasteiger partial charge in [0.05, 0.1) is 18.5 Å². The zero-order valence-corrected chi connectivity index (χ0v) is 15.9. The van der Waals surface area contributed by atoms with Crippen molar-refractivity contribution < 1.29 is 9.13 Å². The van der Waals surface area contributed by atoms with Crippen molar-refractivity contribution in [1.82, 2.24) is 19.7 Å². The molecule has 6 nitrogen and oxygen atoms in total. The van der Waals surface area contributed by atoms with E-state index in [9.17, 15) is 9.18 Å². The molecule has 2 heterocycles. The van der Waals surface area contributed by atoms with Crippen molar-refractivity contribution in [2.75, 3.05) is 6.61 Å². The number of aromatic amines is 1. The number of rotatable bonds is 6. The second-order valence-corrected chi connectivity index (χ2v) is 6.89. The van der Waals surface area contributed by atoms with Crippen LogP contribution in [0.3, 0.4) is 0 Å². The van der Waals surface area contributed by atoms with Gasteiger partial charge in [0.1, 0.15) is 17.0 Å². The summed E-state index contributed by atoms with van der Waals surface area (Å²) < 4.78 is 21.2. The van der Waals surface area contributed by atoms with Crippen LogP contribution in [-0.2, 0) is 5.75 Å². The lowest BCUT2D eigenvalue weighted by molar-refractivity contribution is 0.338. The third-order valence-corrected chi connectivity index (χ3v) is 5.16. The van der Waals surface area contributed by atoms with Crippen LogP contribution in [0.2, 0.25) is 0 Å². The Kier molecular flexibility index (Phi) is 5.12. The van der Waals surface area contributed by atoms with Crippen molar-refractivity contribution in [3.05, 3.63) is 76.5 Å². The maximum absolute atomic E-state index is 14.0. The Balaban J connectivity index is 1.85. The number of ether oxygens (including phenoxy) is 1. The van der Waals surface area contributed by atoms with Gasteiger partial charge in [0.15, 0.2) is 10.8 Å². The number of H-pyrrole nitrogens is 1. The van der Waals surface area contributed by atoms with Crippen LogP contribution in [0.5, 0.6) is 5.75 Å². The Morgan fingerprint density at radius 2 is 1.96 bits per heavy atom. The first-order valence-corrected chi connectivity index (χ1v) is 9.72. The summed E-state index contributed by atoms with van der Waals surface area (Å²) in [5.41, 5.74) is 1.25. The van der Waals surface area contributed by atoms with Crippen molar-refractivity contribution >= 4 is 22.8 Å². The Bertz CT molecular complexity index is 1190. The minimum Gasteiger partial charge on any atom is -0.492 e. The van der Waals surface area contributed by atoms with Gasteiger partial charge in [-0.05, 0) is 30.7 Å². The molecule has 2 aromatic heterocycles. The fourth-order valence-electron chi connectivity index (χ4n) is 2.86. The SMILES string of the molecule is CCOc1ccccc1-n1c(SCc2ccccc2F)nc2[nH]ncc2c1=O. The first-order chi connectivity index (χ1) is 13.7. The topological polar surface area (TPSA) is 72.8 Å². The number of benzene rings is 2. The zero-order valence-electron chi connectivity index (χ0n) is 15.1. The van der Waals surface area contributed by atoms with Gasteiger partial charge in [-0.1, -0.05) is 42.1 Å². The molecular formula is C20H17FN4O2S. The van der Waals surface area contributed by atoms with Crippen LogP contribution >= 0.6 is 11.8 Å². The summed E-state index contributed by atoms with van der Waals surface area (Å²) in [7, 11) is 0. The largest absolute Gasteiger partial charge is 0.492 e. The predicted molar refractivity (Wildman–Crippen MR) is 107 cm³/mol. The molecule has 142 valence electrons. The number of fused-ring (bicyclic) bond motifs is 1. The van der Waals surface area contributed by atoms with E-state index in [1.165, 1.54) is 28.6 Å². The fraction of sp³-hybridized carbons (Fsp3) is 0.150. The number of hydrogen-bond acceptors (Lipinski definition) is 5. The zero-order chi connectivity index (χ0) is 19.5. The molecule has 0 radical (unpaired) electrons. The molecule has 0 fully saturated rings. The Labute approximate surface area is 164 Å². The molecule has 28 heavy (non-hydrogen) atoms. The fourth-order valence-corrected chi connectivity index (χ4v) is 3.85. The number of halogens is 1. The molecule has 2 aromatic carbocycles. The number of nitrogens with zero attached hydrogens (tertiary/aromatic N) is 3. The quantitative estimate of drug-likeness (QED) is 0.395. The maximum Gasteiger partial charge on any atom is 0.270 e. The van der Waals surface area contributed by atoms with Crippen LogP contribution in [0.15, 0.2) is 64.7 Å². The molecule has 0 aliphatic heterocycles. The van der Waals surface area contributed by atoms with Crippen LogP contribution in [-0.4, -0.2) is 26.4 Å². The second kappa shape index (κ2) is 7.85. The summed E-state index contributed by atoms with van der Waals surface area (Å²) in [6.45, 7) is 2.34. The van der Waals surface area contributed by atoms with E-state index < -0.39 is 0 Å². The van der Waals surface area contributed by atoms with Crippen molar-refractivity contribution in [1.29, 1.82) is 0 Å². The standard InChI is InChI=1S/C20H17FN4O2S/c1-2-27-17-10-6-5-9-16(17)25-19(26)14-11-22-24-18(14)23-20(25)28-12-13-7-3-4-8-15(13)21/h3-11H,2,12H2,1H3,(H,22,24). The number of para-hydroxylation sites is 2. The summed E-state index contributed by atoms with van der Waals surface area (Å²) in [5.74, 6) is 0.612. The summed E-state index contributed by atoms with van der Waals surface area (Å²) in [6, 6.07) is 13.8. The number of hydrogen-bond donors (Lipinski definition) is 1. The van der Waals surface area contributed by atoms with Gasteiger partial charge in [-0.15, -0.1) is 0 Å². The molecule has 4 rings (SSSR count). The van der Waals surface area contributed by atoms with Gasteiger partial charge in [-0.2, -0.15) is 5.10 Å². The normalized spacial score (nSPS) is 11.1. The summed E-state index contributed by atoms with van der Waals surface area (Å²) in [6.07, 6.45) is 1.45. The third kappa shape index (κ3) is 3.38. The molecule has 0 spiro atoms. The van der Waals surface area contributed by atoms with Crippen LogP contribution < -0.4 is 10.3 Å². The Morgan fingerprint density at radius 3 is 2.79 bits per heavy atom. The number of aromatic nitrogens is 4. The highest BCUT2D eigenvalue weighted by Gasteiger charge is 2.18. The van der Waals surface area contributed by atoms with Crippen molar-refractivity contribution in [3.8, 4) is 11.4 Å². The first kappa shape index (κ1) is 18.2. The lowest BCUT2D eigenvalue weighted by atomic mass is 10.2. The molecule has 0 aliphatic rings. The van der Waals surface area contributed by atoms with E-state index in [0.29, 0.717) is 45.5 Å². The highest BCUT2D eigenvalue weighted by Crippen LogP contribution is 2.29. The minimum absolute atomic E-state index is 0.262. The Hall–Kier alpha value is -3.13. The van der Waals surface area contributed by atoms with Crippen molar-refractivity contribution in [2.45, 2.75) is 17.8 Å². The van der Waals surface area contributed by atoms with Crippen LogP contribution in [0, 0.1) is 5.82 Å². The molecule has 1 N–H and O–H groups in total. The highest BCUT2D eigenvalue weighted by atomic mass is 32.2. The summed E-state index contributed by atoms with van der Waals surface area (Å²) >= 11 is 1.28. The predicted octanol–water partition coefficient (Wildman–Crippen LogP) is 3.94. The van der Waals surface area contributed by atoms with Gasteiger partial charge < -0.3 is 4.74 Å². The van der Waals surface area contributed by atoms with E-state index in [2.05, 4.69) is 15.2 Å². The summed E-state index contributed by atoms with van der Waals surface area (Å²) in [5, 5.41) is 7.47. The monoisotopic (exact) mass is 396 g/mol. The van der Waals surface area contributed by atoms with Crippen LogP contribution in [0.4, 0.5) is 4.39 Å². The first-order valence-electron chi connectivity index (χ1n) is 8.73. The van der Waals surface area contributed by atoms with Gasteiger partial charge >= 0.3 is 0 Å². The average Bonchev–Trinajstić information content (AvgIpc) is 3.17. The Morgan fingerprint density at radius 1 is 1.18 bits per heavy atom. The lowest BCUT2D eigenvalue weighted by Gasteiger charge is -2.15. The van der Waals surface area contributed by atoms with E-state index in [0.717, 1.165) is 0 Å². The van der Waals surface area contributed by atoms with Crippen molar-refractivity contribution in [3.63, 3.8) is 0 Å². The van der Waals surface area contributed by atoms with Crippen LogP contribution in [0.1, 0.15) is 12.5 Å². The summed E-state index contributed by atoms with van der Waals surface area (Å²) in [4.78, 5) is 17.7. The molecule has 8 heteroatoms. The maximum atomic E-state index is 14.0. The third-order valence-electron chi connectivity index (χ3n) is 4.17. The van der Waals surface area contributed by atoms with E-state index in [-0.39, 0.29) is 11.4 Å². The minimum atomic E-state index is -0.291. The lowest BCUT2D eigenvalue weighted by Crippen LogP contribution is -2.22. The second-order valence-electron chi connectivity index (χ2n) is 5.95. The van der Waals surface area contributed by atoms with Gasteiger partial charge in [-0.3, -0.25) is 14.5 Å². The smallest absolute Gasteiger partial charge is 0.270 e. The molecule has 4 aromatic rings. The molecule has 0 saturated carbocycles. The van der Waals surface area contributed by atoms with E-state index >= 15 is 0 Å². The average molecular weight is 396 g/mol. The number of thioether (sulfide) groups is 1. The molecule has 0 amide bonds. The molecule has 0 saturated heterocycles. The molecular weight excluding hydrogens is 379 g/mol. The van der Waals surface area contributed by atoms with Crippen molar-refractivity contribution in [2.24, 2.45) is 0 Å². The van der Waals surface area contributed by atoms with E-state index in [1.54, 1.807) is 30.3 Å². The van der Waals surface area contributed by atoms with Gasteiger partial charge in [0.2, 0.25) is 0 Å². The van der Waals surface area contributed by atoms with Crippen LogP contribution in [0.25, 0.3) is 16.7 Å². The van der Waals surface area contributed by atoms with Gasteiger partial charge in [0.25, 0.3) is 5.56 Å². The molecule has 0 atom stereocenters. The molecule has 0 aliphatic carbocycles. The van der Waals surface area contributed by atoms with Gasteiger partial charge in [-0.25, -0.2) is 9.37 Å². The van der Waals surface area contributed by atoms with E-state index in [4.69, 9.17) is 4.74 Å². The number of nitrogens with one attached hydrogen (secondary N) is 1. The highest BCUT2D eigenvalue weighted by molar-refractivity contribution is 7.98. The van der Waals surface area contributed by atoms with E-state index in [1.807, 2.05) is 19.1 Å². The van der Waals surface area contributed by atoms with Gasteiger partial charge in [0, 0.05) is 5.75 Å². The molecule has 0 bridgehead atoms. The molecule has 0 unspecified atom stereocenters.